The molecule has 7 heteroatoms. The summed E-state index contributed by atoms with van der Waals surface area (Å²) in [6.07, 6.45) is 3.97. The average Bonchev–Trinajstić information content (AvgIpc) is 2.70. The molecule has 3 rings (SSSR count). The molecule has 1 fully saturated rings. The molecular formula is C20H23N3O4. The monoisotopic (exact) mass is 369 g/mol. The minimum absolute atomic E-state index is 0.00814. The number of nitrogens with zero attached hydrogens (tertiary/aromatic N) is 2. The lowest BCUT2D eigenvalue weighted by molar-refractivity contribution is -0.128. The van der Waals surface area contributed by atoms with Crippen LogP contribution in [0.25, 0.3) is 0 Å². The molecule has 2 aromatic rings. The maximum Gasteiger partial charge on any atom is 0.260 e. The summed E-state index contributed by atoms with van der Waals surface area (Å²) in [5.74, 6) is 0.467. The van der Waals surface area contributed by atoms with Crippen LogP contribution in [0.15, 0.2) is 48.8 Å². The predicted octanol–water partition coefficient (Wildman–Crippen LogP) is 1.98. The molecule has 0 saturated carbocycles. The standard InChI is InChI=1S/C20H23N3O4/c1-14(27-18-4-2-17(24)3-5-18)19(25)22-16-8-12-23(13-9-16)20(26)15-6-10-21-11-7-15/h2-7,10-11,14,16,24H,8-9,12-13H2,1H3,(H,22,25). The topological polar surface area (TPSA) is 91.8 Å². The number of aromatic hydroxyl groups is 1. The predicted molar refractivity (Wildman–Crippen MR) is 99.5 cm³/mol. The summed E-state index contributed by atoms with van der Waals surface area (Å²) in [6.45, 7) is 2.88. The van der Waals surface area contributed by atoms with Gasteiger partial charge in [-0.25, -0.2) is 0 Å². The summed E-state index contributed by atoms with van der Waals surface area (Å²) in [4.78, 5) is 30.5. The second-order valence-electron chi connectivity index (χ2n) is 6.56. The maximum absolute atomic E-state index is 12.4. The Balaban J connectivity index is 1.46. The van der Waals surface area contributed by atoms with Crippen LogP contribution in [-0.4, -0.2) is 52.0 Å². The lowest BCUT2D eigenvalue weighted by Crippen LogP contribution is -2.49. The van der Waals surface area contributed by atoms with Crippen molar-refractivity contribution in [3.8, 4) is 11.5 Å². The van der Waals surface area contributed by atoms with Crippen molar-refractivity contribution < 1.29 is 19.4 Å². The van der Waals surface area contributed by atoms with E-state index in [4.69, 9.17) is 4.74 Å². The highest BCUT2D eigenvalue weighted by molar-refractivity contribution is 5.94. The van der Waals surface area contributed by atoms with Gasteiger partial charge in [-0.2, -0.15) is 0 Å². The fourth-order valence-electron chi connectivity index (χ4n) is 3.00. The van der Waals surface area contributed by atoms with Crippen molar-refractivity contribution in [2.75, 3.05) is 13.1 Å². The normalized spacial score (nSPS) is 15.8. The third-order valence-corrected chi connectivity index (χ3v) is 4.57. The third kappa shape index (κ3) is 4.97. The molecule has 0 spiro atoms. The van der Waals surface area contributed by atoms with E-state index in [9.17, 15) is 14.7 Å². The Bertz CT molecular complexity index is 772. The number of carbonyl (C=O) groups excluding carboxylic acids is 2. The van der Waals surface area contributed by atoms with E-state index in [-0.39, 0.29) is 23.6 Å². The molecule has 1 unspecified atom stereocenters. The molecule has 7 nitrogen and oxygen atoms in total. The average molecular weight is 369 g/mol. The SMILES string of the molecule is CC(Oc1ccc(O)cc1)C(=O)NC1CCN(C(=O)c2ccncc2)CC1. The van der Waals surface area contributed by atoms with Gasteiger partial charge < -0.3 is 20.1 Å². The van der Waals surface area contributed by atoms with Gasteiger partial charge in [0.05, 0.1) is 0 Å². The molecule has 1 aliphatic rings. The first-order valence-electron chi connectivity index (χ1n) is 8.98. The van der Waals surface area contributed by atoms with E-state index in [1.807, 2.05) is 0 Å². The molecule has 1 aliphatic heterocycles. The van der Waals surface area contributed by atoms with Gasteiger partial charge in [-0.05, 0) is 56.2 Å². The fourth-order valence-corrected chi connectivity index (χ4v) is 3.00. The number of benzene rings is 1. The zero-order valence-electron chi connectivity index (χ0n) is 15.2. The van der Waals surface area contributed by atoms with Crippen molar-refractivity contribution >= 4 is 11.8 Å². The summed E-state index contributed by atoms with van der Waals surface area (Å²) < 4.78 is 5.60. The molecule has 27 heavy (non-hydrogen) atoms. The van der Waals surface area contributed by atoms with Crippen molar-refractivity contribution in [1.29, 1.82) is 0 Å². The first-order valence-corrected chi connectivity index (χ1v) is 8.98. The van der Waals surface area contributed by atoms with Crippen molar-refractivity contribution in [3.63, 3.8) is 0 Å². The van der Waals surface area contributed by atoms with E-state index in [0.29, 0.717) is 37.2 Å². The van der Waals surface area contributed by atoms with Crippen LogP contribution in [0.2, 0.25) is 0 Å². The van der Waals surface area contributed by atoms with E-state index in [1.54, 1.807) is 48.5 Å². The number of ether oxygens (including phenoxy) is 1. The Labute approximate surface area is 158 Å². The highest BCUT2D eigenvalue weighted by Gasteiger charge is 2.26. The van der Waals surface area contributed by atoms with E-state index < -0.39 is 6.10 Å². The van der Waals surface area contributed by atoms with E-state index in [1.165, 1.54) is 12.1 Å². The van der Waals surface area contributed by atoms with E-state index in [0.717, 1.165) is 0 Å². The maximum atomic E-state index is 12.4. The molecule has 1 aromatic carbocycles. The largest absolute Gasteiger partial charge is 0.508 e. The lowest BCUT2D eigenvalue weighted by Gasteiger charge is -2.33. The van der Waals surface area contributed by atoms with Crippen molar-refractivity contribution in [2.24, 2.45) is 0 Å². The summed E-state index contributed by atoms with van der Waals surface area (Å²) in [7, 11) is 0. The molecule has 1 atom stereocenters. The van der Waals surface area contributed by atoms with Crippen LogP contribution in [0.1, 0.15) is 30.1 Å². The highest BCUT2D eigenvalue weighted by atomic mass is 16.5. The molecule has 2 amide bonds. The van der Waals surface area contributed by atoms with Crippen LogP contribution in [0.3, 0.4) is 0 Å². The number of nitrogens with one attached hydrogen (secondary N) is 1. The van der Waals surface area contributed by atoms with Crippen molar-refractivity contribution in [2.45, 2.75) is 31.9 Å². The number of phenolic OH excluding ortho intramolecular Hbond substituents is 1. The van der Waals surface area contributed by atoms with Crippen LogP contribution in [0, 0.1) is 0 Å². The lowest BCUT2D eigenvalue weighted by atomic mass is 10.0. The number of rotatable bonds is 5. The van der Waals surface area contributed by atoms with Crippen LogP contribution >= 0.6 is 0 Å². The number of hydrogen-bond acceptors (Lipinski definition) is 5. The molecule has 142 valence electrons. The molecule has 1 aromatic heterocycles. The molecule has 2 N–H and O–H groups in total. The van der Waals surface area contributed by atoms with Gasteiger partial charge >= 0.3 is 0 Å². The summed E-state index contributed by atoms with van der Waals surface area (Å²) in [6, 6.07) is 9.68. The Hall–Kier alpha value is -3.09. The number of likely N-dealkylation sites (tertiary alicyclic amines) is 1. The zero-order valence-corrected chi connectivity index (χ0v) is 15.2. The van der Waals surface area contributed by atoms with Gasteiger partial charge in [-0.1, -0.05) is 0 Å². The second kappa shape index (κ2) is 8.53. The Morgan fingerprint density at radius 1 is 1.15 bits per heavy atom. The van der Waals surface area contributed by atoms with Crippen molar-refractivity contribution in [3.05, 3.63) is 54.4 Å². The molecule has 0 radical (unpaired) electrons. The van der Waals surface area contributed by atoms with Gasteiger partial charge in [0.2, 0.25) is 0 Å². The van der Waals surface area contributed by atoms with Crippen LogP contribution in [-0.2, 0) is 4.79 Å². The number of pyridine rings is 1. The van der Waals surface area contributed by atoms with Crippen LogP contribution in [0.4, 0.5) is 0 Å². The van der Waals surface area contributed by atoms with Gasteiger partial charge in [0.1, 0.15) is 11.5 Å². The Kier molecular flexibility index (Phi) is 5.90. The second-order valence-corrected chi connectivity index (χ2v) is 6.56. The van der Waals surface area contributed by atoms with Gasteiger partial charge in [-0.3, -0.25) is 14.6 Å². The van der Waals surface area contributed by atoms with E-state index in [2.05, 4.69) is 10.3 Å². The van der Waals surface area contributed by atoms with Crippen LogP contribution in [0.5, 0.6) is 11.5 Å². The summed E-state index contributed by atoms with van der Waals surface area (Å²) in [5, 5.41) is 12.3. The Morgan fingerprint density at radius 3 is 2.41 bits per heavy atom. The number of aromatic nitrogens is 1. The Morgan fingerprint density at radius 2 is 1.78 bits per heavy atom. The minimum atomic E-state index is -0.647. The van der Waals surface area contributed by atoms with Gasteiger partial charge in [0.25, 0.3) is 11.8 Å². The molecule has 1 saturated heterocycles. The van der Waals surface area contributed by atoms with Gasteiger partial charge in [0.15, 0.2) is 6.10 Å². The van der Waals surface area contributed by atoms with Gasteiger partial charge in [0, 0.05) is 37.1 Å². The molecule has 0 aliphatic carbocycles. The molecule has 0 bridgehead atoms. The third-order valence-electron chi connectivity index (χ3n) is 4.57. The molecular weight excluding hydrogens is 346 g/mol. The summed E-state index contributed by atoms with van der Waals surface area (Å²) in [5.41, 5.74) is 0.628. The number of amides is 2. The smallest absolute Gasteiger partial charge is 0.260 e. The molecule has 2 heterocycles. The van der Waals surface area contributed by atoms with Gasteiger partial charge in [-0.15, -0.1) is 0 Å². The minimum Gasteiger partial charge on any atom is -0.508 e. The van der Waals surface area contributed by atoms with Crippen molar-refractivity contribution in [1.82, 2.24) is 15.2 Å². The number of piperidine rings is 1. The highest BCUT2D eigenvalue weighted by Crippen LogP contribution is 2.18. The zero-order chi connectivity index (χ0) is 19.2. The summed E-state index contributed by atoms with van der Waals surface area (Å²) >= 11 is 0. The fraction of sp³-hybridized carbons (Fsp3) is 0.350. The first-order chi connectivity index (χ1) is 13.0. The first kappa shape index (κ1) is 18.7. The van der Waals surface area contributed by atoms with Crippen LogP contribution < -0.4 is 10.1 Å². The quantitative estimate of drug-likeness (QED) is 0.841. The van der Waals surface area contributed by atoms with E-state index >= 15 is 0 Å². The number of hydrogen-bond donors (Lipinski definition) is 2. The number of carbonyl (C=O) groups is 2. The number of phenols is 1.